The predicted octanol–water partition coefficient (Wildman–Crippen LogP) is 3.09. The normalized spacial score (nSPS) is 22.3. The largest absolute Gasteiger partial charge is 0.481 e. The van der Waals surface area contributed by atoms with Crippen LogP contribution in [0.3, 0.4) is 0 Å². The second-order valence-electron chi connectivity index (χ2n) is 6.28. The Balaban J connectivity index is 1.76. The van der Waals surface area contributed by atoms with Crippen LogP contribution in [0.25, 0.3) is 5.52 Å². The minimum Gasteiger partial charge on any atom is -0.481 e. The third kappa shape index (κ3) is 3.55. The van der Waals surface area contributed by atoms with Gasteiger partial charge < -0.3 is 14.8 Å². The number of hydrogen-bond donors (Lipinski definition) is 2. The monoisotopic (exact) mass is 314 g/mol. The van der Waals surface area contributed by atoms with Crippen LogP contribution in [0, 0.1) is 5.92 Å². The topological polar surface area (TPSA) is 70.8 Å². The van der Waals surface area contributed by atoms with Crippen LogP contribution in [0.4, 0.5) is 0 Å². The van der Waals surface area contributed by atoms with Crippen LogP contribution in [-0.2, 0) is 4.79 Å². The molecule has 0 radical (unpaired) electrons. The first-order valence-electron chi connectivity index (χ1n) is 8.25. The lowest BCUT2D eigenvalue weighted by Crippen LogP contribution is -2.43. The summed E-state index contributed by atoms with van der Waals surface area (Å²) in [4.78, 5) is 24.1. The molecule has 3 rings (SSSR count). The van der Waals surface area contributed by atoms with Gasteiger partial charge >= 0.3 is 5.97 Å². The number of carbonyl (C=O) groups excluding carboxylic acids is 1. The Hall–Kier alpha value is -2.30. The van der Waals surface area contributed by atoms with Crippen molar-refractivity contribution < 1.29 is 14.7 Å². The molecule has 1 fully saturated rings. The minimum atomic E-state index is -0.806. The Labute approximate surface area is 135 Å². The molecular formula is C18H22N2O3. The second-order valence-corrected chi connectivity index (χ2v) is 6.28. The molecule has 2 heterocycles. The average molecular weight is 314 g/mol. The van der Waals surface area contributed by atoms with E-state index in [9.17, 15) is 14.7 Å². The molecule has 5 heteroatoms. The molecule has 0 aromatic carbocycles. The minimum absolute atomic E-state index is 0.189. The first-order valence-corrected chi connectivity index (χ1v) is 8.25. The summed E-state index contributed by atoms with van der Waals surface area (Å²) in [6.45, 7) is 0. The number of carboxylic acid groups (broad SMARTS) is 1. The average Bonchev–Trinajstić information content (AvgIpc) is 2.93. The van der Waals surface area contributed by atoms with E-state index in [0.29, 0.717) is 12.0 Å². The lowest BCUT2D eigenvalue weighted by atomic mass is 9.86. The molecule has 2 atom stereocenters. The molecule has 0 saturated heterocycles. The molecule has 2 aromatic rings. The molecule has 1 aliphatic rings. The molecule has 23 heavy (non-hydrogen) atoms. The maximum absolute atomic E-state index is 12.5. The molecule has 1 aliphatic carbocycles. The molecular weight excluding hydrogens is 292 g/mol. The molecule has 1 amide bonds. The summed E-state index contributed by atoms with van der Waals surface area (Å²) in [6, 6.07) is 7.31. The van der Waals surface area contributed by atoms with Crippen molar-refractivity contribution in [2.24, 2.45) is 5.92 Å². The van der Waals surface area contributed by atoms with Crippen molar-refractivity contribution in [2.45, 2.75) is 44.6 Å². The fourth-order valence-electron chi connectivity index (χ4n) is 3.38. The smallest absolute Gasteiger partial charge is 0.308 e. The van der Waals surface area contributed by atoms with E-state index in [1.165, 1.54) is 0 Å². The van der Waals surface area contributed by atoms with Crippen molar-refractivity contribution in [1.82, 2.24) is 9.72 Å². The van der Waals surface area contributed by atoms with Crippen LogP contribution in [0.5, 0.6) is 0 Å². The van der Waals surface area contributed by atoms with E-state index >= 15 is 0 Å². The number of hydrogen-bond acceptors (Lipinski definition) is 2. The highest BCUT2D eigenvalue weighted by atomic mass is 16.4. The van der Waals surface area contributed by atoms with Gasteiger partial charge in [-0.1, -0.05) is 31.7 Å². The van der Waals surface area contributed by atoms with Crippen LogP contribution >= 0.6 is 0 Å². The quantitative estimate of drug-likeness (QED) is 0.914. The van der Waals surface area contributed by atoms with Gasteiger partial charge in [0.2, 0.25) is 0 Å². The van der Waals surface area contributed by atoms with E-state index in [2.05, 4.69) is 5.32 Å². The highest BCUT2D eigenvalue weighted by molar-refractivity contribution is 5.96. The molecule has 5 nitrogen and oxygen atoms in total. The number of aromatic nitrogens is 1. The molecule has 0 aliphatic heterocycles. The number of nitrogens with one attached hydrogen (secondary N) is 1. The summed E-state index contributed by atoms with van der Waals surface area (Å²) < 4.78 is 1.89. The predicted molar refractivity (Wildman–Crippen MR) is 87.5 cm³/mol. The molecule has 122 valence electrons. The number of pyridine rings is 1. The SMILES string of the molecule is O=C(NC1CCCCCCC1C(=O)O)c1cc2ccccn2c1. The standard InChI is InChI=1S/C18H22N2O3/c21-17(13-11-14-7-5-6-10-20(14)12-13)19-16-9-4-2-1-3-8-15(16)18(22)23/h5-7,10-12,15-16H,1-4,8-9H2,(H,19,21)(H,22,23). The highest BCUT2D eigenvalue weighted by Crippen LogP contribution is 2.23. The number of carboxylic acids is 1. The summed E-state index contributed by atoms with van der Waals surface area (Å²) in [5.41, 5.74) is 1.52. The lowest BCUT2D eigenvalue weighted by Gasteiger charge is -2.27. The summed E-state index contributed by atoms with van der Waals surface area (Å²) in [5.74, 6) is -1.49. The van der Waals surface area contributed by atoms with E-state index in [1.54, 1.807) is 6.20 Å². The van der Waals surface area contributed by atoms with E-state index in [-0.39, 0.29) is 11.9 Å². The van der Waals surface area contributed by atoms with Crippen LogP contribution in [0.1, 0.15) is 48.9 Å². The zero-order valence-electron chi connectivity index (χ0n) is 13.1. The maximum Gasteiger partial charge on any atom is 0.308 e. The zero-order chi connectivity index (χ0) is 16.2. The number of amides is 1. The van der Waals surface area contributed by atoms with Gasteiger partial charge in [-0.15, -0.1) is 0 Å². The lowest BCUT2D eigenvalue weighted by molar-refractivity contribution is -0.143. The van der Waals surface area contributed by atoms with Crippen LogP contribution in [0.2, 0.25) is 0 Å². The Kier molecular flexibility index (Phi) is 4.65. The molecule has 2 N–H and O–H groups in total. The van der Waals surface area contributed by atoms with Gasteiger partial charge in [-0.2, -0.15) is 0 Å². The summed E-state index contributed by atoms with van der Waals surface area (Å²) >= 11 is 0. The Bertz CT molecular complexity index is 674. The van der Waals surface area contributed by atoms with Crippen molar-refractivity contribution in [3.63, 3.8) is 0 Å². The summed E-state index contributed by atoms with van der Waals surface area (Å²) in [7, 11) is 0. The van der Waals surface area contributed by atoms with Crippen molar-refractivity contribution in [1.29, 1.82) is 0 Å². The van der Waals surface area contributed by atoms with Gasteiger partial charge in [0.05, 0.1) is 11.5 Å². The molecule has 2 aromatic heterocycles. The van der Waals surface area contributed by atoms with E-state index < -0.39 is 11.9 Å². The number of rotatable bonds is 3. The van der Waals surface area contributed by atoms with Crippen LogP contribution < -0.4 is 5.32 Å². The van der Waals surface area contributed by atoms with Crippen molar-refractivity contribution in [2.75, 3.05) is 0 Å². The highest BCUT2D eigenvalue weighted by Gasteiger charge is 2.30. The zero-order valence-corrected chi connectivity index (χ0v) is 13.1. The van der Waals surface area contributed by atoms with E-state index in [4.69, 9.17) is 0 Å². The number of aliphatic carboxylic acids is 1. The van der Waals surface area contributed by atoms with E-state index in [0.717, 1.165) is 37.6 Å². The van der Waals surface area contributed by atoms with Gasteiger partial charge in [-0.3, -0.25) is 9.59 Å². The fourth-order valence-corrected chi connectivity index (χ4v) is 3.38. The maximum atomic E-state index is 12.5. The van der Waals surface area contributed by atoms with Gasteiger partial charge in [-0.25, -0.2) is 0 Å². The Morgan fingerprint density at radius 2 is 1.91 bits per heavy atom. The Morgan fingerprint density at radius 1 is 1.13 bits per heavy atom. The van der Waals surface area contributed by atoms with Gasteiger partial charge in [0.25, 0.3) is 5.91 Å². The number of carbonyl (C=O) groups is 2. The fraction of sp³-hybridized carbons (Fsp3) is 0.444. The summed E-state index contributed by atoms with van der Waals surface area (Å²) in [5, 5.41) is 12.4. The molecule has 0 spiro atoms. The Morgan fingerprint density at radius 3 is 2.65 bits per heavy atom. The third-order valence-electron chi connectivity index (χ3n) is 4.67. The first kappa shape index (κ1) is 15.6. The van der Waals surface area contributed by atoms with Crippen molar-refractivity contribution in [3.8, 4) is 0 Å². The molecule has 2 unspecified atom stereocenters. The third-order valence-corrected chi connectivity index (χ3v) is 4.67. The van der Waals surface area contributed by atoms with Crippen LogP contribution in [-0.4, -0.2) is 27.4 Å². The number of nitrogens with zero attached hydrogens (tertiary/aromatic N) is 1. The molecule has 1 saturated carbocycles. The van der Waals surface area contributed by atoms with Gasteiger partial charge in [0.15, 0.2) is 0 Å². The first-order chi connectivity index (χ1) is 11.1. The second kappa shape index (κ2) is 6.86. The number of fused-ring (bicyclic) bond motifs is 1. The van der Waals surface area contributed by atoms with Gasteiger partial charge in [0, 0.05) is 24.0 Å². The van der Waals surface area contributed by atoms with Gasteiger partial charge in [0.1, 0.15) is 0 Å². The van der Waals surface area contributed by atoms with Crippen molar-refractivity contribution >= 4 is 17.4 Å². The molecule has 0 bridgehead atoms. The van der Waals surface area contributed by atoms with Crippen LogP contribution in [0.15, 0.2) is 36.7 Å². The summed E-state index contributed by atoms with van der Waals surface area (Å²) in [6.07, 6.45) is 9.11. The van der Waals surface area contributed by atoms with Gasteiger partial charge in [-0.05, 0) is 31.0 Å². The van der Waals surface area contributed by atoms with E-state index in [1.807, 2.05) is 34.9 Å². The van der Waals surface area contributed by atoms with Crippen molar-refractivity contribution in [3.05, 3.63) is 42.2 Å².